The van der Waals surface area contributed by atoms with Crippen molar-refractivity contribution in [2.45, 2.75) is 50.5 Å². The molecule has 0 saturated heterocycles. The molecule has 0 bridgehead atoms. The number of para-hydroxylation sites is 1. The van der Waals surface area contributed by atoms with Crippen molar-refractivity contribution in [3.05, 3.63) is 29.8 Å². The van der Waals surface area contributed by atoms with Gasteiger partial charge in [0.2, 0.25) is 0 Å². The average molecular weight is 259 g/mol. The van der Waals surface area contributed by atoms with Crippen molar-refractivity contribution in [1.29, 1.82) is 5.26 Å². The van der Waals surface area contributed by atoms with E-state index in [0.29, 0.717) is 25.9 Å². The summed E-state index contributed by atoms with van der Waals surface area (Å²) in [6.45, 7) is 4.47. The van der Waals surface area contributed by atoms with Crippen LogP contribution in [0.4, 0.5) is 0 Å². The van der Waals surface area contributed by atoms with Gasteiger partial charge in [0.25, 0.3) is 0 Å². The highest BCUT2D eigenvalue weighted by Gasteiger charge is 2.53. The smallest absolute Gasteiger partial charge is 0.124 e. The third kappa shape index (κ3) is 2.01. The minimum atomic E-state index is -0.990. The Bertz CT molecular complexity index is 494. The molecule has 1 aromatic carbocycles. The molecule has 0 spiro atoms. The SMILES string of the molecule is CCCC(O)(CC)C1(C#N)CCOc2ccccc21. The minimum absolute atomic E-state index is 0.483. The van der Waals surface area contributed by atoms with Crippen molar-refractivity contribution in [2.75, 3.05) is 6.61 Å². The Hall–Kier alpha value is -1.53. The van der Waals surface area contributed by atoms with Gasteiger partial charge in [-0.05, 0) is 18.9 Å². The van der Waals surface area contributed by atoms with Crippen LogP contribution in [0.15, 0.2) is 24.3 Å². The predicted octanol–water partition coefficient (Wildman–Crippen LogP) is 3.17. The zero-order valence-corrected chi connectivity index (χ0v) is 11.6. The fourth-order valence-corrected chi connectivity index (χ4v) is 3.20. The van der Waals surface area contributed by atoms with Crippen LogP contribution in [0.25, 0.3) is 0 Å². The Balaban J connectivity index is 2.59. The minimum Gasteiger partial charge on any atom is -0.493 e. The topological polar surface area (TPSA) is 53.2 Å². The first-order valence-corrected chi connectivity index (χ1v) is 6.99. The van der Waals surface area contributed by atoms with E-state index < -0.39 is 11.0 Å². The summed E-state index contributed by atoms with van der Waals surface area (Å²) in [4.78, 5) is 0. The lowest BCUT2D eigenvalue weighted by molar-refractivity contribution is -0.0426. The molecule has 1 aliphatic rings. The van der Waals surface area contributed by atoms with Crippen LogP contribution in [0.5, 0.6) is 5.75 Å². The zero-order valence-electron chi connectivity index (χ0n) is 11.6. The molecule has 2 unspecified atom stereocenters. The van der Waals surface area contributed by atoms with E-state index in [0.717, 1.165) is 17.7 Å². The lowest BCUT2D eigenvalue weighted by atomic mass is 9.62. The molecule has 19 heavy (non-hydrogen) atoms. The maximum Gasteiger partial charge on any atom is 0.124 e. The van der Waals surface area contributed by atoms with Crippen molar-refractivity contribution in [1.82, 2.24) is 0 Å². The van der Waals surface area contributed by atoms with E-state index in [4.69, 9.17) is 4.74 Å². The van der Waals surface area contributed by atoms with Crippen molar-refractivity contribution in [3.8, 4) is 11.8 Å². The maximum absolute atomic E-state index is 11.1. The molecule has 1 aliphatic heterocycles. The standard InChI is InChI=1S/C16H21NO2/c1-3-9-16(18,4-2)15(12-17)10-11-19-14-8-6-5-7-13(14)15/h5-8,18H,3-4,9-11H2,1-2H3. The third-order valence-electron chi connectivity index (χ3n) is 4.32. The molecular weight excluding hydrogens is 238 g/mol. The molecule has 1 heterocycles. The lowest BCUT2D eigenvalue weighted by Crippen LogP contribution is -2.53. The number of aliphatic hydroxyl groups is 1. The number of rotatable bonds is 4. The number of nitriles is 1. The van der Waals surface area contributed by atoms with Gasteiger partial charge in [0.15, 0.2) is 0 Å². The highest BCUT2D eigenvalue weighted by molar-refractivity contribution is 5.48. The lowest BCUT2D eigenvalue weighted by Gasteiger charge is -2.45. The second-order valence-corrected chi connectivity index (χ2v) is 5.25. The molecule has 2 rings (SSSR count). The number of fused-ring (bicyclic) bond motifs is 1. The van der Waals surface area contributed by atoms with E-state index in [1.807, 2.05) is 38.1 Å². The first-order valence-electron chi connectivity index (χ1n) is 6.99. The number of hydrogen-bond donors (Lipinski definition) is 1. The van der Waals surface area contributed by atoms with Gasteiger partial charge < -0.3 is 9.84 Å². The van der Waals surface area contributed by atoms with Crippen LogP contribution in [0.1, 0.15) is 45.1 Å². The van der Waals surface area contributed by atoms with Gasteiger partial charge in [-0.15, -0.1) is 0 Å². The number of nitrogens with zero attached hydrogens (tertiary/aromatic N) is 1. The van der Waals surface area contributed by atoms with Crippen LogP contribution >= 0.6 is 0 Å². The summed E-state index contributed by atoms with van der Waals surface area (Å²) in [5.74, 6) is 0.735. The van der Waals surface area contributed by atoms with Crippen LogP contribution in [0.2, 0.25) is 0 Å². The summed E-state index contributed by atoms with van der Waals surface area (Å²) in [6, 6.07) is 10.0. The van der Waals surface area contributed by atoms with Gasteiger partial charge in [0, 0.05) is 12.0 Å². The second-order valence-electron chi connectivity index (χ2n) is 5.25. The quantitative estimate of drug-likeness (QED) is 0.903. The van der Waals surface area contributed by atoms with Crippen molar-refractivity contribution in [3.63, 3.8) is 0 Å². The van der Waals surface area contributed by atoms with Crippen LogP contribution in [0, 0.1) is 11.3 Å². The summed E-state index contributed by atoms with van der Waals surface area (Å²) in [7, 11) is 0. The maximum atomic E-state index is 11.1. The molecule has 0 amide bonds. The Morgan fingerprint density at radius 3 is 2.79 bits per heavy atom. The summed E-state index contributed by atoms with van der Waals surface area (Å²) in [5, 5.41) is 20.9. The summed E-state index contributed by atoms with van der Waals surface area (Å²) >= 11 is 0. The molecule has 0 aliphatic carbocycles. The van der Waals surface area contributed by atoms with Gasteiger partial charge in [-0.3, -0.25) is 0 Å². The Morgan fingerprint density at radius 1 is 1.42 bits per heavy atom. The van der Waals surface area contributed by atoms with Gasteiger partial charge in [-0.25, -0.2) is 0 Å². The molecular formula is C16H21NO2. The van der Waals surface area contributed by atoms with Gasteiger partial charge in [0.1, 0.15) is 11.2 Å². The summed E-state index contributed by atoms with van der Waals surface area (Å²) < 4.78 is 5.64. The molecule has 0 radical (unpaired) electrons. The molecule has 0 saturated carbocycles. The fraction of sp³-hybridized carbons (Fsp3) is 0.562. The monoisotopic (exact) mass is 259 g/mol. The van der Waals surface area contributed by atoms with Gasteiger partial charge in [-0.1, -0.05) is 38.5 Å². The normalized spacial score (nSPS) is 24.7. The second kappa shape index (κ2) is 5.22. The Labute approximate surface area is 114 Å². The molecule has 0 fully saturated rings. The van der Waals surface area contributed by atoms with E-state index in [-0.39, 0.29) is 0 Å². The largest absolute Gasteiger partial charge is 0.493 e. The molecule has 102 valence electrons. The molecule has 2 atom stereocenters. The van der Waals surface area contributed by atoms with Crippen LogP contribution in [-0.2, 0) is 5.41 Å². The predicted molar refractivity (Wildman–Crippen MR) is 74.0 cm³/mol. The van der Waals surface area contributed by atoms with Crippen molar-refractivity contribution >= 4 is 0 Å². The first-order chi connectivity index (χ1) is 9.13. The number of benzene rings is 1. The first kappa shape index (κ1) is 13.9. The molecule has 3 nitrogen and oxygen atoms in total. The van der Waals surface area contributed by atoms with E-state index in [1.165, 1.54) is 0 Å². The highest BCUT2D eigenvalue weighted by Crippen LogP contribution is 2.48. The van der Waals surface area contributed by atoms with Crippen LogP contribution < -0.4 is 4.74 Å². The van der Waals surface area contributed by atoms with Gasteiger partial charge in [-0.2, -0.15) is 5.26 Å². The fourth-order valence-electron chi connectivity index (χ4n) is 3.20. The van der Waals surface area contributed by atoms with Crippen LogP contribution in [-0.4, -0.2) is 17.3 Å². The van der Waals surface area contributed by atoms with Crippen molar-refractivity contribution in [2.24, 2.45) is 0 Å². The summed E-state index contributed by atoms with van der Waals surface area (Å²) in [5.41, 5.74) is -1.01. The van der Waals surface area contributed by atoms with E-state index in [2.05, 4.69) is 6.07 Å². The van der Waals surface area contributed by atoms with Crippen LogP contribution in [0.3, 0.4) is 0 Å². The summed E-state index contributed by atoms with van der Waals surface area (Å²) in [6.07, 6.45) is 2.61. The third-order valence-corrected chi connectivity index (χ3v) is 4.32. The van der Waals surface area contributed by atoms with Gasteiger partial charge >= 0.3 is 0 Å². The Kier molecular flexibility index (Phi) is 3.82. The number of hydrogen-bond acceptors (Lipinski definition) is 3. The molecule has 0 aromatic heterocycles. The average Bonchev–Trinajstić information content (AvgIpc) is 2.46. The van der Waals surface area contributed by atoms with E-state index in [1.54, 1.807) is 0 Å². The molecule has 3 heteroatoms. The van der Waals surface area contributed by atoms with E-state index >= 15 is 0 Å². The highest BCUT2D eigenvalue weighted by atomic mass is 16.5. The number of ether oxygens (including phenoxy) is 1. The van der Waals surface area contributed by atoms with Gasteiger partial charge in [0.05, 0.1) is 18.3 Å². The molecule has 1 N–H and O–H groups in total. The van der Waals surface area contributed by atoms with E-state index in [9.17, 15) is 10.4 Å². The van der Waals surface area contributed by atoms with Crippen molar-refractivity contribution < 1.29 is 9.84 Å². The zero-order chi connectivity index (χ0) is 13.9. The Morgan fingerprint density at radius 2 is 2.16 bits per heavy atom. The molecule has 1 aromatic rings.